The summed E-state index contributed by atoms with van der Waals surface area (Å²) in [5, 5.41) is 9.49. The normalized spacial score (nSPS) is 12.7. The summed E-state index contributed by atoms with van der Waals surface area (Å²) in [4.78, 5) is 0. The van der Waals surface area contributed by atoms with Crippen LogP contribution in [0.15, 0.2) is 24.3 Å². The lowest BCUT2D eigenvalue weighted by Gasteiger charge is -2.18. The van der Waals surface area contributed by atoms with Gasteiger partial charge in [-0.05, 0) is 38.5 Å². The molecular formula is C14H22O4. The van der Waals surface area contributed by atoms with Gasteiger partial charge >= 0.3 is 0 Å². The number of rotatable bonds is 8. The molecule has 0 saturated carbocycles. The monoisotopic (exact) mass is 254 g/mol. The van der Waals surface area contributed by atoms with Crippen LogP contribution >= 0.6 is 0 Å². The quantitative estimate of drug-likeness (QED) is 0.724. The van der Waals surface area contributed by atoms with Gasteiger partial charge in [0, 0.05) is 13.2 Å². The molecule has 1 rings (SSSR count). The molecule has 0 radical (unpaired) electrons. The summed E-state index contributed by atoms with van der Waals surface area (Å²) in [7, 11) is 0. The van der Waals surface area contributed by atoms with Crippen LogP contribution in [0, 0.1) is 0 Å². The summed E-state index contributed by atoms with van der Waals surface area (Å²) in [5.41, 5.74) is 0.830. The molecule has 4 heteroatoms. The van der Waals surface area contributed by atoms with E-state index >= 15 is 0 Å². The van der Waals surface area contributed by atoms with Gasteiger partial charge in [0.25, 0.3) is 0 Å². The zero-order valence-corrected chi connectivity index (χ0v) is 11.3. The van der Waals surface area contributed by atoms with E-state index in [4.69, 9.17) is 14.2 Å². The highest BCUT2D eigenvalue weighted by molar-refractivity contribution is 5.29. The topological polar surface area (TPSA) is 47.9 Å². The summed E-state index contributed by atoms with van der Waals surface area (Å²) in [6.07, 6.45) is -0.849. The van der Waals surface area contributed by atoms with E-state index in [0.717, 1.165) is 5.56 Å². The SMILES string of the molecule is CCOC(COc1cccc(C(C)O)c1)OCC. The van der Waals surface area contributed by atoms with Gasteiger partial charge in [0.05, 0.1) is 6.10 Å². The van der Waals surface area contributed by atoms with Crippen LogP contribution in [0.3, 0.4) is 0 Å². The molecule has 0 aromatic heterocycles. The minimum Gasteiger partial charge on any atom is -0.488 e. The van der Waals surface area contributed by atoms with Gasteiger partial charge in [-0.15, -0.1) is 0 Å². The molecule has 102 valence electrons. The Bertz CT molecular complexity index is 332. The van der Waals surface area contributed by atoms with Gasteiger partial charge in [0.2, 0.25) is 0 Å². The summed E-state index contributed by atoms with van der Waals surface area (Å²) in [5.74, 6) is 0.706. The molecule has 1 aromatic carbocycles. The van der Waals surface area contributed by atoms with Gasteiger partial charge in [0.15, 0.2) is 6.29 Å². The van der Waals surface area contributed by atoms with Crippen molar-refractivity contribution in [1.82, 2.24) is 0 Å². The van der Waals surface area contributed by atoms with Gasteiger partial charge in [-0.25, -0.2) is 0 Å². The fourth-order valence-corrected chi connectivity index (χ4v) is 1.54. The highest BCUT2D eigenvalue weighted by Crippen LogP contribution is 2.19. The second-order valence-electron chi connectivity index (χ2n) is 3.90. The predicted molar refractivity (Wildman–Crippen MR) is 69.6 cm³/mol. The minimum atomic E-state index is -0.497. The highest BCUT2D eigenvalue weighted by atomic mass is 16.7. The molecular weight excluding hydrogens is 232 g/mol. The van der Waals surface area contributed by atoms with E-state index < -0.39 is 6.10 Å². The standard InChI is InChI=1S/C14H22O4/c1-4-16-14(17-5-2)10-18-13-8-6-7-12(9-13)11(3)15/h6-9,11,14-15H,4-5,10H2,1-3H3. The van der Waals surface area contributed by atoms with Crippen molar-refractivity contribution in [2.75, 3.05) is 19.8 Å². The molecule has 1 N–H and O–H groups in total. The fourth-order valence-electron chi connectivity index (χ4n) is 1.54. The number of benzene rings is 1. The fraction of sp³-hybridized carbons (Fsp3) is 0.571. The molecule has 4 nitrogen and oxygen atoms in total. The van der Waals surface area contributed by atoms with Crippen molar-refractivity contribution in [3.8, 4) is 5.75 Å². The van der Waals surface area contributed by atoms with Gasteiger partial charge in [0.1, 0.15) is 12.4 Å². The second-order valence-corrected chi connectivity index (χ2v) is 3.90. The molecule has 0 heterocycles. The average Bonchev–Trinajstić information content (AvgIpc) is 2.37. The molecule has 0 saturated heterocycles. The van der Waals surface area contributed by atoms with Crippen molar-refractivity contribution in [3.63, 3.8) is 0 Å². The van der Waals surface area contributed by atoms with E-state index in [9.17, 15) is 5.11 Å². The van der Waals surface area contributed by atoms with E-state index in [1.165, 1.54) is 0 Å². The molecule has 0 bridgehead atoms. The van der Waals surface area contributed by atoms with Crippen LogP contribution in [0.25, 0.3) is 0 Å². The molecule has 1 atom stereocenters. The Morgan fingerprint density at radius 3 is 2.39 bits per heavy atom. The van der Waals surface area contributed by atoms with Crippen molar-refractivity contribution in [3.05, 3.63) is 29.8 Å². The Morgan fingerprint density at radius 1 is 1.17 bits per heavy atom. The lowest BCUT2D eigenvalue weighted by atomic mass is 10.1. The van der Waals surface area contributed by atoms with E-state index in [2.05, 4.69) is 0 Å². The molecule has 18 heavy (non-hydrogen) atoms. The first-order chi connectivity index (χ1) is 8.67. The minimum absolute atomic E-state index is 0.338. The Balaban J connectivity index is 2.53. The predicted octanol–water partition coefficient (Wildman–Crippen LogP) is 2.52. The summed E-state index contributed by atoms with van der Waals surface area (Å²) < 4.78 is 16.4. The van der Waals surface area contributed by atoms with E-state index in [1.54, 1.807) is 6.92 Å². The third-order valence-electron chi connectivity index (χ3n) is 2.43. The van der Waals surface area contributed by atoms with Crippen molar-refractivity contribution < 1.29 is 19.3 Å². The first-order valence-electron chi connectivity index (χ1n) is 6.31. The first kappa shape index (κ1) is 15.0. The smallest absolute Gasteiger partial charge is 0.191 e. The lowest BCUT2D eigenvalue weighted by molar-refractivity contribution is -0.152. The number of aliphatic hydroxyl groups is 1. The Kier molecular flexibility index (Phi) is 6.72. The molecule has 1 unspecified atom stereocenters. The Hall–Kier alpha value is -1.10. The number of hydrogen-bond acceptors (Lipinski definition) is 4. The lowest BCUT2D eigenvalue weighted by Crippen LogP contribution is -2.25. The highest BCUT2D eigenvalue weighted by Gasteiger charge is 2.09. The third-order valence-corrected chi connectivity index (χ3v) is 2.43. The summed E-state index contributed by atoms with van der Waals surface area (Å²) >= 11 is 0. The van der Waals surface area contributed by atoms with Crippen molar-refractivity contribution in [2.24, 2.45) is 0 Å². The van der Waals surface area contributed by atoms with Gasteiger partial charge < -0.3 is 19.3 Å². The van der Waals surface area contributed by atoms with E-state index in [1.807, 2.05) is 38.1 Å². The second kappa shape index (κ2) is 8.08. The van der Waals surface area contributed by atoms with Crippen LogP contribution in [0.1, 0.15) is 32.4 Å². The summed E-state index contributed by atoms with van der Waals surface area (Å²) in [6, 6.07) is 7.38. The molecule has 0 aliphatic rings. The van der Waals surface area contributed by atoms with Crippen LogP contribution in [0.5, 0.6) is 5.75 Å². The van der Waals surface area contributed by atoms with Gasteiger partial charge in [-0.2, -0.15) is 0 Å². The van der Waals surface area contributed by atoms with Crippen LogP contribution in [-0.4, -0.2) is 31.2 Å². The Labute approximate surface area is 108 Å². The molecule has 1 aromatic rings. The van der Waals surface area contributed by atoms with Crippen molar-refractivity contribution >= 4 is 0 Å². The number of ether oxygens (including phenoxy) is 3. The third kappa shape index (κ3) is 5.04. The van der Waals surface area contributed by atoms with Crippen molar-refractivity contribution in [2.45, 2.75) is 33.2 Å². The zero-order valence-electron chi connectivity index (χ0n) is 11.3. The molecule has 0 aliphatic carbocycles. The van der Waals surface area contributed by atoms with Crippen LogP contribution in [0.2, 0.25) is 0 Å². The van der Waals surface area contributed by atoms with E-state index in [0.29, 0.717) is 25.6 Å². The largest absolute Gasteiger partial charge is 0.488 e. The van der Waals surface area contributed by atoms with Gasteiger partial charge in [-0.1, -0.05) is 12.1 Å². The van der Waals surface area contributed by atoms with Gasteiger partial charge in [-0.3, -0.25) is 0 Å². The molecule has 0 amide bonds. The van der Waals surface area contributed by atoms with Crippen LogP contribution < -0.4 is 4.74 Å². The molecule has 0 fully saturated rings. The Morgan fingerprint density at radius 2 is 1.83 bits per heavy atom. The van der Waals surface area contributed by atoms with E-state index in [-0.39, 0.29) is 6.29 Å². The zero-order chi connectivity index (χ0) is 13.4. The maximum atomic E-state index is 9.49. The van der Waals surface area contributed by atoms with Crippen LogP contribution in [0.4, 0.5) is 0 Å². The average molecular weight is 254 g/mol. The van der Waals surface area contributed by atoms with Crippen molar-refractivity contribution in [1.29, 1.82) is 0 Å². The maximum Gasteiger partial charge on any atom is 0.191 e. The molecule has 0 aliphatic heterocycles. The molecule has 0 spiro atoms. The number of aliphatic hydroxyl groups excluding tert-OH is 1. The maximum absolute atomic E-state index is 9.49. The number of hydrogen-bond donors (Lipinski definition) is 1. The first-order valence-corrected chi connectivity index (χ1v) is 6.31. The summed E-state index contributed by atoms with van der Waals surface area (Å²) in [6.45, 7) is 7.07. The van der Waals surface area contributed by atoms with Crippen LogP contribution in [-0.2, 0) is 9.47 Å².